The van der Waals surface area contributed by atoms with Crippen molar-refractivity contribution >= 4 is 11.3 Å². The van der Waals surface area contributed by atoms with Gasteiger partial charge in [-0.3, -0.25) is 0 Å². The van der Waals surface area contributed by atoms with Crippen LogP contribution < -0.4 is 5.73 Å². The van der Waals surface area contributed by atoms with Crippen molar-refractivity contribution in [2.24, 2.45) is 5.73 Å². The predicted molar refractivity (Wildman–Crippen MR) is 67.5 cm³/mol. The monoisotopic (exact) mass is 271 g/mol. The third-order valence-corrected chi connectivity index (χ3v) is 3.74. The second-order valence-corrected chi connectivity index (χ2v) is 5.05. The lowest BCUT2D eigenvalue weighted by atomic mass is 10.1. The standard InChI is InChI=1S/C13H12F3NS/c14-13(15,16)10-3-1-9(2-4-10)12-6-5-11(18-12)7-8-17/h1-6H,7-8,17H2. The lowest BCUT2D eigenvalue weighted by Gasteiger charge is -2.06. The van der Waals surface area contributed by atoms with Crippen LogP contribution in [0.1, 0.15) is 10.4 Å². The molecule has 0 bridgehead atoms. The van der Waals surface area contributed by atoms with Crippen molar-refractivity contribution < 1.29 is 13.2 Å². The maximum Gasteiger partial charge on any atom is 0.416 e. The van der Waals surface area contributed by atoms with Crippen LogP contribution in [0.2, 0.25) is 0 Å². The summed E-state index contributed by atoms with van der Waals surface area (Å²) in [5, 5.41) is 0. The first kappa shape index (κ1) is 13.1. The lowest BCUT2D eigenvalue weighted by Crippen LogP contribution is -2.03. The third-order valence-electron chi connectivity index (χ3n) is 2.55. The highest BCUT2D eigenvalue weighted by Crippen LogP contribution is 2.33. The van der Waals surface area contributed by atoms with E-state index in [9.17, 15) is 13.2 Å². The molecule has 0 spiro atoms. The highest BCUT2D eigenvalue weighted by atomic mass is 32.1. The van der Waals surface area contributed by atoms with E-state index in [1.807, 2.05) is 12.1 Å². The van der Waals surface area contributed by atoms with Crippen molar-refractivity contribution in [1.82, 2.24) is 0 Å². The van der Waals surface area contributed by atoms with Gasteiger partial charge in [0.05, 0.1) is 5.56 Å². The van der Waals surface area contributed by atoms with Gasteiger partial charge in [0.15, 0.2) is 0 Å². The zero-order valence-corrected chi connectivity index (χ0v) is 10.3. The Hall–Kier alpha value is -1.33. The zero-order valence-electron chi connectivity index (χ0n) is 9.50. The van der Waals surface area contributed by atoms with Crippen molar-refractivity contribution in [3.05, 3.63) is 46.8 Å². The maximum atomic E-state index is 12.4. The second-order valence-electron chi connectivity index (χ2n) is 3.88. The number of benzene rings is 1. The summed E-state index contributed by atoms with van der Waals surface area (Å²) in [6.45, 7) is 0.576. The van der Waals surface area contributed by atoms with Crippen LogP contribution in [0.25, 0.3) is 10.4 Å². The minimum absolute atomic E-state index is 0.576. The average Bonchev–Trinajstić information content (AvgIpc) is 2.77. The van der Waals surface area contributed by atoms with E-state index in [1.165, 1.54) is 12.1 Å². The van der Waals surface area contributed by atoms with Crippen LogP contribution in [0.4, 0.5) is 13.2 Å². The Morgan fingerprint density at radius 2 is 1.67 bits per heavy atom. The largest absolute Gasteiger partial charge is 0.416 e. The van der Waals surface area contributed by atoms with Gasteiger partial charge in [-0.25, -0.2) is 0 Å². The molecular formula is C13H12F3NS. The number of alkyl halides is 3. The molecular weight excluding hydrogens is 259 g/mol. The predicted octanol–water partition coefficient (Wildman–Crippen LogP) is 3.94. The first-order chi connectivity index (χ1) is 8.50. The molecule has 2 N–H and O–H groups in total. The zero-order chi connectivity index (χ0) is 13.2. The summed E-state index contributed by atoms with van der Waals surface area (Å²) in [6, 6.07) is 9.10. The third kappa shape index (κ3) is 2.91. The molecule has 0 saturated heterocycles. The summed E-state index contributed by atoms with van der Waals surface area (Å²) in [4.78, 5) is 2.11. The van der Waals surface area contributed by atoms with Gasteiger partial charge in [0, 0.05) is 9.75 Å². The molecule has 1 heterocycles. The molecule has 2 aromatic rings. The molecule has 1 aromatic heterocycles. The van der Waals surface area contributed by atoms with Crippen molar-refractivity contribution in [3.63, 3.8) is 0 Å². The number of thiophene rings is 1. The number of nitrogens with two attached hydrogens (primary N) is 1. The van der Waals surface area contributed by atoms with Gasteiger partial charge in [-0.15, -0.1) is 11.3 Å². The Morgan fingerprint density at radius 3 is 2.22 bits per heavy atom. The molecule has 2 rings (SSSR count). The number of hydrogen-bond donors (Lipinski definition) is 1. The van der Waals surface area contributed by atoms with Gasteiger partial charge in [-0.1, -0.05) is 12.1 Å². The van der Waals surface area contributed by atoms with Crippen LogP contribution in [-0.2, 0) is 12.6 Å². The number of rotatable bonds is 3. The molecule has 0 aliphatic carbocycles. The van der Waals surface area contributed by atoms with Crippen LogP contribution in [0.3, 0.4) is 0 Å². The van der Waals surface area contributed by atoms with E-state index < -0.39 is 11.7 Å². The SMILES string of the molecule is NCCc1ccc(-c2ccc(C(F)(F)F)cc2)s1. The minimum atomic E-state index is -4.28. The van der Waals surface area contributed by atoms with E-state index in [-0.39, 0.29) is 0 Å². The maximum absolute atomic E-state index is 12.4. The van der Waals surface area contributed by atoms with E-state index in [2.05, 4.69) is 0 Å². The summed E-state index contributed by atoms with van der Waals surface area (Å²) in [5.41, 5.74) is 5.64. The van der Waals surface area contributed by atoms with Gasteiger partial charge >= 0.3 is 6.18 Å². The molecule has 0 aliphatic rings. The van der Waals surface area contributed by atoms with E-state index in [4.69, 9.17) is 5.73 Å². The second kappa shape index (κ2) is 5.12. The molecule has 0 amide bonds. The van der Waals surface area contributed by atoms with Crippen molar-refractivity contribution in [3.8, 4) is 10.4 Å². The van der Waals surface area contributed by atoms with Crippen LogP contribution >= 0.6 is 11.3 Å². The summed E-state index contributed by atoms with van der Waals surface area (Å²) in [6.07, 6.45) is -3.48. The van der Waals surface area contributed by atoms with Crippen molar-refractivity contribution in [1.29, 1.82) is 0 Å². The Kier molecular flexibility index (Phi) is 3.73. The normalized spacial score (nSPS) is 11.8. The van der Waals surface area contributed by atoms with Crippen LogP contribution in [0.5, 0.6) is 0 Å². The first-order valence-corrected chi connectivity index (χ1v) is 6.29. The first-order valence-electron chi connectivity index (χ1n) is 5.47. The molecule has 1 aromatic carbocycles. The summed E-state index contributed by atoms with van der Waals surface area (Å²) < 4.78 is 37.2. The fraction of sp³-hybridized carbons (Fsp3) is 0.231. The Morgan fingerprint density at radius 1 is 1.00 bits per heavy atom. The fourth-order valence-electron chi connectivity index (χ4n) is 1.63. The molecule has 0 unspecified atom stereocenters. The summed E-state index contributed by atoms with van der Waals surface area (Å²) in [7, 11) is 0. The Bertz CT molecular complexity index is 514. The van der Waals surface area contributed by atoms with Gasteiger partial charge in [0.25, 0.3) is 0 Å². The molecule has 0 radical (unpaired) electrons. The number of hydrogen-bond acceptors (Lipinski definition) is 2. The summed E-state index contributed by atoms with van der Waals surface area (Å²) >= 11 is 1.56. The fourth-order valence-corrected chi connectivity index (χ4v) is 2.66. The molecule has 1 nitrogen and oxygen atoms in total. The Labute approximate surface area is 107 Å². The molecule has 18 heavy (non-hydrogen) atoms. The van der Waals surface area contributed by atoms with Crippen LogP contribution in [0.15, 0.2) is 36.4 Å². The molecule has 96 valence electrons. The molecule has 0 aliphatic heterocycles. The van der Waals surface area contributed by atoms with Crippen LogP contribution in [-0.4, -0.2) is 6.54 Å². The molecule has 0 fully saturated rings. The highest BCUT2D eigenvalue weighted by molar-refractivity contribution is 7.15. The van der Waals surface area contributed by atoms with Gasteiger partial charge in [0.2, 0.25) is 0 Å². The van der Waals surface area contributed by atoms with Gasteiger partial charge in [-0.05, 0) is 42.8 Å². The van der Waals surface area contributed by atoms with Crippen molar-refractivity contribution in [2.75, 3.05) is 6.54 Å². The van der Waals surface area contributed by atoms with E-state index in [0.29, 0.717) is 6.54 Å². The number of halogens is 3. The molecule has 0 atom stereocenters. The van der Waals surface area contributed by atoms with Gasteiger partial charge in [0.1, 0.15) is 0 Å². The summed E-state index contributed by atoms with van der Waals surface area (Å²) in [5.74, 6) is 0. The Balaban J connectivity index is 2.23. The quantitative estimate of drug-likeness (QED) is 0.899. The highest BCUT2D eigenvalue weighted by Gasteiger charge is 2.29. The smallest absolute Gasteiger partial charge is 0.330 e. The van der Waals surface area contributed by atoms with Crippen LogP contribution in [0, 0.1) is 0 Å². The molecule has 5 heteroatoms. The minimum Gasteiger partial charge on any atom is -0.330 e. The van der Waals surface area contributed by atoms with E-state index in [1.54, 1.807) is 11.3 Å². The van der Waals surface area contributed by atoms with Crippen molar-refractivity contribution in [2.45, 2.75) is 12.6 Å². The lowest BCUT2D eigenvalue weighted by molar-refractivity contribution is -0.137. The average molecular weight is 271 g/mol. The van der Waals surface area contributed by atoms with E-state index in [0.717, 1.165) is 33.9 Å². The van der Waals surface area contributed by atoms with Gasteiger partial charge < -0.3 is 5.73 Å². The van der Waals surface area contributed by atoms with Gasteiger partial charge in [-0.2, -0.15) is 13.2 Å². The molecule has 0 saturated carbocycles. The van der Waals surface area contributed by atoms with E-state index >= 15 is 0 Å². The topological polar surface area (TPSA) is 26.0 Å².